The lowest BCUT2D eigenvalue weighted by Crippen LogP contribution is -2.42. The van der Waals surface area contributed by atoms with Gasteiger partial charge in [0, 0.05) is 40.7 Å². The summed E-state index contributed by atoms with van der Waals surface area (Å²) < 4.78 is 51.8. The molecule has 0 amide bonds. The van der Waals surface area contributed by atoms with Gasteiger partial charge in [0.2, 0.25) is 0 Å². The van der Waals surface area contributed by atoms with Crippen LogP contribution in [0.3, 0.4) is 0 Å². The average molecular weight is 516 g/mol. The molecule has 0 atom stereocenters. The number of H-pyrrole nitrogens is 1. The summed E-state index contributed by atoms with van der Waals surface area (Å²) in [5.74, 6) is -4.14. The Morgan fingerprint density at radius 1 is 1.22 bits per heavy atom. The largest absolute Gasteiger partial charge is 0.479 e. The highest BCUT2D eigenvalue weighted by Crippen LogP contribution is 2.48. The van der Waals surface area contributed by atoms with E-state index in [1.165, 1.54) is 12.3 Å². The summed E-state index contributed by atoms with van der Waals surface area (Å²) in [5, 5.41) is 27.6. The monoisotopic (exact) mass is 515 g/mol. The standard InChI is InChI=1S/C27H28F3N3O4/c1-26(2,13-37-3)24-20(14-6-8-27(36,9-7-14)25(34)35)21-19(10-15-12-31-32-23(15)22(21)30)33(24)16-4-5-17(28)18(29)11-16/h4-5,10-12,14,36H,6-9,13H2,1-3H3,(H,31,32)(H,34,35). The van der Waals surface area contributed by atoms with Gasteiger partial charge in [0.25, 0.3) is 0 Å². The fourth-order valence-corrected chi connectivity index (χ4v) is 5.81. The number of fused-ring (bicyclic) bond motifs is 2. The third kappa shape index (κ3) is 3.99. The van der Waals surface area contributed by atoms with Crippen molar-refractivity contribution in [3.8, 4) is 5.69 Å². The molecule has 7 nitrogen and oxygen atoms in total. The number of carboxylic acid groups (broad SMARTS) is 1. The van der Waals surface area contributed by atoms with E-state index in [4.69, 9.17) is 4.74 Å². The fourth-order valence-electron chi connectivity index (χ4n) is 5.81. The van der Waals surface area contributed by atoms with E-state index >= 15 is 4.39 Å². The average Bonchev–Trinajstić information content (AvgIpc) is 3.45. The van der Waals surface area contributed by atoms with Gasteiger partial charge in [-0.1, -0.05) is 13.8 Å². The van der Waals surface area contributed by atoms with Crippen LogP contribution in [0.2, 0.25) is 0 Å². The highest BCUT2D eigenvalue weighted by molar-refractivity contribution is 6.00. The zero-order valence-corrected chi connectivity index (χ0v) is 20.7. The molecule has 1 aliphatic carbocycles. The quantitative estimate of drug-likeness (QED) is 0.323. The normalized spacial score (nSPS) is 20.7. The Morgan fingerprint density at radius 2 is 1.92 bits per heavy atom. The van der Waals surface area contributed by atoms with E-state index < -0.39 is 34.4 Å². The Kier molecular flexibility index (Phi) is 6.07. The number of carbonyl (C=O) groups is 1. The minimum absolute atomic E-state index is 0.00289. The third-order valence-electron chi connectivity index (χ3n) is 7.57. The van der Waals surface area contributed by atoms with E-state index in [9.17, 15) is 23.8 Å². The van der Waals surface area contributed by atoms with Crippen LogP contribution >= 0.6 is 0 Å². The summed E-state index contributed by atoms with van der Waals surface area (Å²) in [6.07, 6.45) is 2.10. The lowest BCUT2D eigenvalue weighted by molar-refractivity contribution is -0.162. The van der Waals surface area contributed by atoms with Crippen molar-refractivity contribution >= 4 is 27.8 Å². The van der Waals surface area contributed by atoms with Crippen molar-refractivity contribution in [2.75, 3.05) is 13.7 Å². The number of aromatic amines is 1. The summed E-state index contributed by atoms with van der Waals surface area (Å²) in [4.78, 5) is 11.7. The number of rotatable bonds is 6. The van der Waals surface area contributed by atoms with E-state index in [0.717, 1.165) is 12.1 Å². The Morgan fingerprint density at radius 3 is 2.54 bits per heavy atom. The molecule has 0 unspecified atom stereocenters. The smallest absolute Gasteiger partial charge is 0.335 e. The van der Waals surface area contributed by atoms with Crippen LogP contribution in [0.4, 0.5) is 13.2 Å². The number of aliphatic hydroxyl groups is 1. The van der Waals surface area contributed by atoms with Crippen LogP contribution in [0.25, 0.3) is 27.5 Å². The molecule has 2 heterocycles. The molecule has 2 aromatic heterocycles. The van der Waals surface area contributed by atoms with Crippen LogP contribution < -0.4 is 0 Å². The van der Waals surface area contributed by atoms with Gasteiger partial charge >= 0.3 is 5.97 Å². The zero-order chi connectivity index (χ0) is 26.7. The lowest BCUT2D eigenvalue weighted by atomic mass is 9.73. The maximum atomic E-state index is 16.2. The van der Waals surface area contributed by atoms with Crippen LogP contribution in [0.1, 0.15) is 56.7 Å². The fraction of sp³-hybridized carbons (Fsp3) is 0.407. The van der Waals surface area contributed by atoms with Gasteiger partial charge in [-0.2, -0.15) is 5.10 Å². The van der Waals surface area contributed by atoms with Crippen molar-refractivity contribution in [3.05, 3.63) is 59.2 Å². The number of hydrogen-bond acceptors (Lipinski definition) is 4. The molecule has 0 spiro atoms. The topological polar surface area (TPSA) is 100 Å². The second-order valence-electron chi connectivity index (χ2n) is 10.5. The molecule has 10 heteroatoms. The van der Waals surface area contributed by atoms with E-state index in [1.54, 1.807) is 17.7 Å². The molecule has 4 aromatic rings. The molecule has 5 rings (SSSR count). The molecule has 1 fully saturated rings. The van der Waals surface area contributed by atoms with Gasteiger partial charge in [0.05, 0.1) is 18.3 Å². The Balaban J connectivity index is 1.87. The summed E-state index contributed by atoms with van der Waals surface area (Å²) >= 11 is 0. The van der Waals surface area contributed by atoms with Crippen molar-refractivity contribution in [1.29, 1.82) is 0 Å². The molecule has 1 aliphatic rings. The Bertz CT molecular complexity index is 1520. The van der Waals surface area contributed by atoms with Gasteiger partial charge < -0.3 is 19.5 Å². The predicted octanol–water partition coefficient (Wildman–Crippen LogP) is 5.32. The molecule has 2 aromatic carbocycles. The maximum absolute atomic E-state index is 16.2. The van der Waals surface area contributed by atoms with E-state index in [1.807, 2.05) is 13.8 Å². The van der Waals surface area contributed by atoms with Gasteiger partial charge in [0.1, 0.15) is 5.52 Å². The maximum Gasteiger partial charge on any atom is 0.335 e. The van der Waals surface area contributed by atoms with Crippen LogP contribution in [0, 0.1) is 17.5 Å². The Labute approximate surface area is 210 Å². The number of aromatic nitrogens is 3. The number of benzene rings is 2. The van der Waals surface area contributed by atoms with Crippen LogP contribution in [0.15, 0.2) is 30.5 Å². The molecule has 0 aliphatic heterocycles. The summed E-state index contributed by atoms with van der Waals surface area (Å²) in [7, 11) is 1.55. The highest BCUT2D eigenvalue weighted by Gasteiger charge is 2.43. The molecule has 196 valence electrons. The number of aliphatic carboxylic acids is 1. The SMILES string of the molecule is COCC(C)(C)c1c(C2CCC(O)(C(=O)O)CC2)c2c(F)c3[nH]ncc3cc2n1-c1ccc(F)c(F)c1. The van der Waals surface area contributed by atoms with Gasteiger partial charge in [-0.3, -0.25) is 5.10 Å². The molecular formula is C27H28F3N3O4. The summed E-state index contributed by atoms with van der Waals surface area (Å²) in [6.45, 7) is 4.09. The van der Waals surface area contributed by atoms with Gasteiger partial charge in [-0.05, 0) is 55.4 Å². The highest BCUT2D eigenvalue weighted by atomic mass is 19.2. The Hall–Kier alpha value is -3.37. The number of nitrogens with zero attached hydrogens (tertiary/aromatic N) is 2. The first kappa shape index (κ1) is 25.3. The molecule has 1 saturated carbocycles. The van der Waals surface area contributed by atoms with Crippen LogP contribution in [-0.2, 0) is 14.9 Å². The number of ether oxygens (including phenoxy) is 1. The van der Waals surface area contributed by atoms with E-state index in [2.05, 4.69) is 10.2 Å². The molecular weight excluding hydrogens is 487 g/mol. The van der Waals surface area contributed by atoms with Crippen LogP contribution in [-0.4, -0.2) is 50.3 Å². The predicted molar refractivity (Wildman–Crippen MR) is 131 cm³/mol. The number of carboxylic acids is 1. The number of hydrogen-bond donors (Lipinski definition) is 3. The third-order valence-corrected chi connectivity index (χ3v) is 7.57. The first-order valence-corrected chi connectivity index (χ1v) is 12.1. The van der Waals surface area contributed by atoms with Gasteiger partial charge in [-0.15, -0.1) is 0 Å². The molecule has 37 heavy (non-hydrogen) atoms. The van der Waals surface area contributed by atoms with Crippen molar-refractivity contribution in [2.24, 2.45) is 0 Å². The summed E-state index contributed by atoms with van der Waals surface area (Å²) in [6, 6.07) is 5.30. The van der Waals surface area contributed by atoms with E-state index in [-0.39, 0.29) is 30.9 Å². The number of halogens is 3. The second-order valence-corrected chi connectivity index (χ2v) is 10.5. The van der Waals surface area contributed by atoms with Gasteiger partial charge in [0.15, 0.2) is 23.1 Å². The first-order valence-electron chi connectivity index (χ1n) is 12.1. The van der Waals surface area contributed by atoms with Gasteiger partial charge in [-0.25, -0.2) is 18.0 Å². The minimum atomic E-state index is -1.84. The van der Waals surface area contributed by atoms with Crippen LogP contribution in [0.5, 0.6) is 0 Å². The van der Waals surface area contributed by atoms with E-state index in [0.29, 0.717) is 46.1 Å². The van der Waals surface area contributed by atoms with Crippen molar-refractivity contribution in [2.45, 2.75) is 56.5 Å². The molecule has 0 saturated heterocycles. The number of nitrogens with one attached hydrogen (secondary N) is 1. The van der Waals surface area contributed by atoms with Crippen molar-refractivity contribution in [3.63, 3.8) is 0 Å². The second kappa shape index (κ2) is 8.88. The molecule has 3 N–H and O–H groups in total. The first-order chi connectivity index (χ1) is 17.5. The molecule has 0 bridgehead atoms. The molecule has 0 radical (unpaired) electrons. The number of methoxy groups -OCH3 is 1. The zero-order valence-electron chi connectivity index (χ0n) is 20.7. The lowest BCUT2D eigenvalue weighted by Gasteiger charge is -2.35. The van der Waals surface area contributed by atoms with Crippen molar-refractivity contribution < 1.29 is 32.9 Å². The minimum Gasteiger partial charge on any atom is -0.479 e. The summed E-state index contributed by atoms with van der Waals surface area (Å²) in [5.41, 5.74) is -0.284. The van der Waals surface area contributed by atoms with Crippen molar-refractivity contribution in [1.82, 2.24) is 14.8 Å².